The Morgan fingerprint density at radius 2 is 1.79 bits per heavy atom. The molecule has 1 fully saturated rings. The molecule has 0 radical (unpaired) electrons. The van der Waals surface area contributed by atoms with E-state index in [9.17, 15) is 22.8 Å². The standard InChI is InChI=1S/C27H33N3O6S3/c1-27(2)23-14-11-20(36-3)17-22(23)24(31)29(25(27)32)16-15-18-9-12-21(13-10-18)39(34,35)30(38-37)26(33)28-19-7-5-4-6-8-19/h9-14,17,19,37H,4-8,15-16H2,1-3H3,(H,28,33). The summed E-state index contributed by atoms with van der Waals surface area (Å²) in [6.45, 7) is 3.71. The molecule has 210 valence electrons. The number of fused-ring (bicyclic) bond motifs is 1. The molecule has 0 saturated heterocycles. The van der Waals surface area contributed by atoms with Crippen molar-refractivity contribution in [2.75, 3.05) is 13.7 Å². The van der Waals surface area contributed by atoms with Gasteiger partial charge in [-0.3, -0.25) is 14.5 Å². The molecule has 1 saturated carbocycles. The molecule has 4 rings (SSSR count). The third-order valence-corrected chi connectivity index (χ3v) is 10.8. The fourth-order valence-corrected chi connectivity index (χ4v) is 7.79. The van der Waals surface area contributed by atoms with Gasteiger partial charge in [0.15, 0.2) is 0 Å². The number of carbonyl (C=O) groups is 3. The zero-order chi connectivity index (χ0) is 28.4. The minimum atomic E-state index is -4.15. The van der Waals surface area contributed by atoms with Crippen LogP contribution in [-0.2, 0) is 26.7 Å². The van der Waals surface area contributed by atoms with Crippen LogP contribution in [0, 0.1) is 0 Å². The van der Waals surface area contributed by atoms with Gasteiger partial charge < -0.3 is 10.1 Å². The molecule has 1 heterocycles. The van der Waals surface area contributed by atoms with Crippen molar-refractivity contribution in [2.45, 2.75) is 68.7 Å². The molecule has 0 unspecified atom stereocenters. The van der Waals surface area contributed by atoms with Gasteiger partial charge in [-0.1, -0.05) is 49.1 Å². The number of nitrogens with zero attached hydrogens (tertiary/aromatic N) is 2. The quantitative estimate of drug-likeness (QED) is 0.198. The molecule has 1 aliphatic carbocycles. The van der Waals surface area contributed by atoms with Crippen molar-refractivity contribution < 1.29 is 27.5 Å². The first-order valence-corrected chi connectivity index (χ1v) is 16.1. The van der Waals surface area contributed by atoms with E-state index >= 15 is 0 Å². The number of nitrogens with one attached hydrogen (secondary N) is 1. The first-order chi connectivity index (χ1) is 18.5. The fraction of sp³-hybridized carbons (Fsp3) is 0.444. The lowest BCUT2D eigenvalue weighted by Crippen LogP contribution is -2.52. The lowest BCUT2D eigenvalue weighted by atomic mass is 9.77. The zero-order valence-electron chi connectivity index (χ0n) is 22.2. The van der Waals surface area contributed by atoms with E-state index in [0.717, 1.165) is 37.7 Å². The van der Waals surface area contributed by atoms with E-state index in [2.05, 4.69) is 17.0 Å². The molecule has 0 aromatic heterocycles. The zero-order valence-corrected chi connectivity index (χ0v) is 24.7. The van der Waals surface area contributed by atoms with Crippen LogP contribution in [0.15, 0.2) is 47.4 Å². The summed E-state index contributed by atoms with van der Waals surface area (Å²) in [5, 5.41) is 2.80. The van der Waals surface area contributed by atoms with Gasteiger partial charge in [0.25, 0.3) is 15.9 Å². The summed E-state index contributed by atoms with van der Waals surface area (Å²) in [5.41, 5.74) is 0.930. The Bertz CT molecular complexity index is 1360. The Morgan fingerprint density at radius 1 is 1.13 bits per heavy atom. The van der Waals surface area contributed by atoms with E-state index in [1.54, 1.807) is 44.2 Å². The molecular weight excluding hydrogens is 559 g/mol. The van der Waals surface area contributed by atoms with Crippen LogP contribution in [-0.4, -0.2) is 54.6 Å². The fourth-order valence-electron chi connectivity index (χ4n) is 5.09. The molecule has 4 amide bonds. The monoisotopic (exact) mass is 591 g/mol. The summed E-state index contributed by atoms with van der Waals surface area (Å²) >= 11 is 4.02. The number of hydrogen-bond donors (Lipinski definition) is 2. The summed E-state index contributed by atoms with van der Waals surface area (Å²) in [4.78, 5) is 40.4. The number of amides is 4. The second-order valence-corrected chi connectivity index (χ2v) is 13.3. The summed E-state index contributed by atoms with van der Waals surface area (Å²) in [6.07, 6.45) is 5.09. The summed E-state index contributed by atoms with van der Waals surface area (Å²) in [7, 11) is -2.09. The van der Waals surface area contributed by atoms with Crippen molar-refractivity contribution in [2.24, 2.45) is 0 Å². The van der Waals surface area contributed by atoms with Crippen molar-refractivity contribution >= 4 is 50.5 Å². The highest BCUT2D eigenvalue weighted by molar-refractivity contribution is 8.69. The maximum atomic E-state index is 13.2. The number of hydrogen-bond acceptors (Lipinski definition) is 8. The Hall–Kier alpha value is -2.70. The van der Waals surface area contributed by atoms with E-state index in [1.807, 2.05) is 0 Å². The van der Waals surface area contributed by atoms with Crippen molar-refractivity contribution in [3.8, 4) is 5.75 Å². The Morgan fingerprint density at radius 3 is 2.41 bits per heavy atom. The van der Waals surface area contributed by atoms with Gasteiger partial charge in [0.2, 0.25) is 5.91 Å². The van der Waals surface area contributed by atoms with E-state index < -0.39 is 27.4 Å². The van der Waals surface area contributed by atoms with Crippen LogP contribution in [0.2, 0.25) is 0 Å². The normalized spacial score (nSPS) is 17.5. The third kappa shape index (κ3) is 5.92. The SMILES string of the molecule is COc1ccc2c(c1)C(=O)N(CCc1ccc(S(=O)(=O)N(SS)C(=O)NC3CCCCC3)cc1)C(=O)C2(C)C. The van der Waals surface area contributed by atoms with Gasteiger partial charge in [0.1, 0.15) is 5.75 Å². The van der Waals surface area contributed by atoms with Crippen molar-refractivity contribution in [1.29, 1.82) is 0 Å². The average Bonchev–Trinajstić information content (AvgIpc) is 2.93. The maximum absolute atomic E-state index is 13.2. The number of imide groups is 1. The molecule has 2 aromatic carbocycles. The Kier molecular flexibility index (Phi) is 8.87. The second-order valence-electron chi connectivity index (χ2n) is 10.3. The molecule has 39 heavy (non-hydrogen) atoms. The minimum absolute atomic E-state index is 0.0509. The van der Waals surface area contributed by atoms with Gasteiger partial charge in [-0.2, -0.15) is 8.42 Å². The van der Waals surface area contributed by atoms with Gasteiger partial charge in [-0.05, 0) is 68.5 Å². The number of sulfonamides is 1. The predicted molar refractivity (Wildman–Crippen MR) is 153 cm³/mol. The highest BCUT2D eigenvalue weighted by Gasteiger charge is 2.44. The summed E-state index contributed by atoms with van der Waals surface area (Å²) in [6, 6.07) is 10.4. The third-order valence-electron chi connectivity index (χ3n) is 7.39. The smallest absolute Gasteiger partial charge is 0.342 e. The van der Waals surface area contributed by atoms with Crippen molar-refractivity contribution in [3.63, 3.8) is 0 Å². The average molecular weight is 592 g/mol. The largest absolute Gasteiger partial charge is 0.497 e. The number of rotatable bonds is 8. The number of carbonyl (C=O) groups excluding carboxylic acids is 3. The Labute approximate surface area is 238 Å². The van der Waals surface area contributed by atoms with E-state index in [-0.39, 0.29) is 23.4 Å². The summed E-state index contributed by atoms with van der Waals surface area (Å²) < 4.78 is 32.3. The lowest BCUT2D eigenvalue weighted by molar-refractivity contribution is -0.134. The number of methoxy groups -OCH3 is 1. The van der Waals surface area contributed by atoms with Gasteiger partial charge >= 0.3 is 6.03 Å². The van der Waals surface area contributed by atoms with E-state index in [4.69, 9.17) is 4.74 Å². The molecule has 1 N–H and O–H groups in total. The molecule has 2 aliphatic rings. The van der Waals surface area contributed by atoms with Crippen LogP contribution >= 0.6 is 22.6 Å². The second kappa shape index (κ2) is 11.8. The van der Waals surface area contributed by atoms with Crippen LogP contribution < -0.4 is 10.1 Å². The van der Waals surface area contributed by atoms with Crippen LogP contribution in [0.5, 0.6) is 5.75 Å². The van der Waals surface area contributed by atoms with Crippen LogP contribution in [0.1, 0.15) is 67.4 Å². The number of ether oxygens (including phenoxy) is 1. The van der Waals surface area contributed by atoms with Gasteiger partial charge in [-0.15, -0.1) is 3.71 Å². The van der Waals surface area contributed by atoms with Crippen LogP contribution in [0.4, 0.5) is 4.79 Å². The topological polar surface area (TPSA) is 113 Å². The Balaban J connectivity index is 1.46. The summed E-state index contributed by atoms with van der Waals surface area (Å²) in [5.74, 6) is -0.155. The number of thiol groups is 1. The van der Waals surface area contributed by atoms with Crippen LogP contribution in [0.25, 0.3) is 0 Å². The molecule has 1 aliphatic heterocycles. The highest BCUT2D eigenvalue weighted by Crippen LogP contribution is 2.36. The van der Waals surface area contributed by atoms with Crippen LogP contribution in [0.3, 0.4) is 0 Å². The van der Waals surface area contributed by atoms with Gasteiger partial charge in [0.05, 0.1) is 17.4 Å². The molecule has 12 heteroatoms. The van der Waals surface area contributed by atoms with Gasteiger partial charge in [0, 0.05) is 29.1 Å². The first kappa shape index (κ1) is 29.3. The van der Waals surface area contributed by atoms with E-state index in [1.165, 1.54) is 24.1 Å². The first-order valence-electron chi connectivity index (χ1n) is 12.8. The predicted octanol–water partition coefficient (Wildman–Crippen LogP) is 4.72. The molecule has 0 spiro atoms. The minimum Gasteiger partial charge on any atom is -0.497 e. The van der Waals surface area contributed by atoms with Gasteiger partial charge in [-0.25, -0.2) is 4.79 Å². The number of benzene rings is 2. The maximum Gasteiger partial charge on any atom is 0.342 e. The lowest BCUT2D eigenvalue weighted by Gasteiger charge is -2.37. The van der Waals surface area contributed by atoms with Crippen molar-refractivity contribution in [3.05, 3.63) is 59.2 Å². The van der Waals surface area contributed by atoms with E-state index in [0.29, 0.717) is 38.0 Å². The molecule has 9 nitrogen and oxygen atoms in total. The molecule has 0 bridgehead atoms. The highest BCUT2D eigenvalue weighted by atomic mass is 33.1. The number of urea groups is 1. The molecule has 2 aromatic rings. The molecular formula is C27H33N3O6S3. The van der Waals surface area contributed by atoms with Crippen molar-refractivity contribution in [1.82, 2.24) is 13.9 Å². The molecule has 0 atom stereocenters.